The number of nitrogens with one attached hydrogen (secondary N) is 1. The van der Waals surface area contributed by atoms with Crippen LogP contribution < -0.4 is 5.32 Å². The Kier molecular flexibility index (Phi) is 6.22. The van der Waals surface area contributed by atoms with E-state index in [0.717, 1.165) is 24.0 Å². The Bertz CT molecular complexity index is 777. The summed E-state index contributed by atoms with van der Waals surface area (Å²) < 4.78 is 13.1. The van der Waals surface area contributed by atoms with Crippen LogP contribution in [0.15, 0.2) is 54.6 Å². The maximum atomic E-state index is 13.1. The van der Waals surface area contributed by atoms with Gasteiger partial charge in [-0.2, -0.15) is 0 Å². The lowest BCUT2D eigenvalue weighted by molar-refractivity contribution is -0.135. The molecule has 0 radical (unpaired) electrons. The van der Waals surface area contributed by atoms with Gasteiger partial charge in [0.2, 0.25) is 11.8 Å². The van der Waals surface area contributed by atoms with Gasteiger partial charge in [0, 0.05) is 13.1 Å². The summed E-state index contributed by atoms with van der Waals surface area (Å²) in [5.74, 6) is -0.493. The minimum absolute atomic E-state index is 0.0518. The average Bonchev–Trinajstić information content (AvgIpc) is 2.69. The molecule has 0 saturated carbocycles. The average molecular weight is 368 g/mol. The zero-order valence-corrected chi connectivity index (χ0v) is 15.5. The van der Waals surface area contributed by atoms with E-state index in [1.807, 2.05) is 37.3 Å². The standard InChI is InChI=1S/C22H25FN2O2/c1-16(18-9-11-20(23)12-10-18)24-22(27)19-8-5-13-25(15-19)21(26)14-17-6-3-2-4-7-17/h2-4,6-7,9-12,16,19H,5,8,13-15H2,1H3,(H,24,27). The van der Waals surface area contributed by atoms with Crippen molar-refractivity contribution in [3.05, 3.63) is 71.5 Å². The molecule has 3 rings (SSSR count). The molecule has 2 unspecified atom stereocenters. The smallest absolute Gasteiger partial charge is 0.227 e. The van der Waals surface area contributed by atoms with E-state index >= 15 is 0 Å². The molecule has 4 nitrogen and oxygen atoms in total. The molecule has 1 fully saturated rings. The Hall–Kier alpha value is -2.69. The van der Waals surface area contributed by atoms with Crippen molar-refractivity contribution in [2.24, 2.45) is 5.92 Å². The monoisotopic (exact) mass is 368 g/mol. The quantitative estimate of drug-likeness (QED) is 0.878. The predicted molar refractivity (Wildman–Crippen MR) is 102 cm³/mol. The molecule has 142 valence electrons. The fraction of sp³-hybridized carbons (Fsp3) is 0.364. The molecule has 2 atom stereocenters. The minimum Gasteiger partial charge on any atom is -0.349 e. The van der Waals surface area contributed by atoms with Gasteiger partial charge in [-0.15, -0.1) is 0 Å². The Morgan fingerprint density at radius 2 is 1.85 bits per heavy atom. The van der Waals surface area contributed by atoms with Crippen LogP contribution in [0.3, 0.4) is 0 Å². The number of nitrogens with zero attached hydrogens (tertiary/aromatic N) is 1. The number of rotatable bonds is 5. The third kappa shape index (κ3) is 5.16. The van der Waals surface area contributed by atoms with Crippen LogP contribution in [0.5, 0.6) is 0 Å². The van der Waals surface area contributed by atoms with Crippen LogP contribution in [-0.4, -0.2) is 29.8 Å². The van der Waals surface area contributed by atoms with Gasteiger partial charge in [-0.3, -0.25) is 9.59 Å². The van der Waals surface area contributed by atoms with Crippen LogP contribution in [-0.2, 0) is 16.0 Å². The highest BCUT2D eigenvalue weighted by molar-refractivity contribution is 5.82. The molecule has 1 aliphatic rings. The largest absolute Gasteiger partial charge is 0.349 e. The summed E-state index contributed by atoms with van der Waals surface area (Å²) in [6.45, 7) is 3.03. The molecule has 2 aromatic carbocycles. The van der Waals surface area contributed by atoms with Crippen molar-refractivity contribution >= 4 is 11.8 Å². The third-order valence-corrected chi connectivity index (χ3v) is 5.07. The van der Waals surface area contributed by atoms with Crippen LogP contribution in [0.2, 0.25) is 0 Å². The molecule has 27 heavy (non-hydrogen) atoms. The SMILES string of the molecule is CC(NC(=O)C1CCCN(C(=O)Cc2ccccc2)C1)c1ccc(F)cc1. The molecule has 5 heteroatoms. The second-order valence-electron chi connectivity index (χ2n) is 7.12. The van der Waals surface area contributed by atoms with Crippen molar-refractivity contribution in [1.82, 2.24) is 10.2 Å². The molecular formula is C22H25FN2O2. The Balaban J connectivity index is 1.56. The summed E-state index contributed by atoms with van der Waals surface area (Å²) >= 11 is 0. The van der Waals surface area contributed by atoms with Crippen molar-refractivity contribution in [2.45, 2.75) is 32.2 Å². The number of piperidine rings is 1. The summed E-state index contributed by atoms with van der Waals surface area (Å²) in [5.41, 5.74) is 1.84. The van der Waals surface area contributed by atoms with Crippen molar-refractivity contribution in [2.75, 3.05) is 13.1 Å². The van der Waals surface area contributed by atoms with Gasteiger partial charge in [-0.25, -0.2) is 4.39 Å². The van der Waals surface area contributed by atoms with Crippen molar-refractivity contribution < 1.29 is 14.0 Å². The van der Waals surface area contributed by atoms with Crippen molar-refractivity contribution in [3.63, 3.8) is 0 Å². The van der Waals surface area contributed by atoms with Crippen LogP contribution in [0, 0.1) is 11.7 Å². The summed E-state index contributed by atoms with van der Waals surface area (Å²) in [7, 11) is 0. The Labute approximate surface area is 159 Å². The van der Waals surface area contributed by atoms with E-state index in [1.165, 1.54) is 12.1 Å². The van der Waals surface area contributed by atoms with Crippen LogP contribution >= 0.6 is 0 Å². The zero-order valence-electron chi connectivity index (χ0n) is 15.5. The molecule has 2 aromatic rings. The molecule has 1 N–H and O–H groups in total. The van der Waals surface area contributed by atoms with Gasteiger partial charge >= 0.3 is 0 Å². The van der Waals surface area contributed by atoms with Gasteiger partial charge in [0.1, 0.15) is 5.82 Å². The molecule has 2 amide bonds. The maximum Gasteiger partial charge on any atom is 0.227 e. The molecule has 1 aliphatic heterocycles. The van der Waals surface area contributed by atoms with E-state index in [2.05, 4.69) is 5.32 Å². The van der Waals surface area contributed by atoms with Crippen molar-refractivity contribution in [1.29, 1.82) is 0 Å². The predicted octanol–water partition coefficient (Wildman–Crippen LogP) is 3.48. The summed E-state index contributed by atoms with van der Waals surface area (Å²) in [4.78, 5) is 27.0. The number of hydrogen-bond acceptors (Lipinski definition) is 2. The highest BCUT2D eigenvalue weighted by Gasteiger charge is 2.29. The summed E-state index contributed by atoms with van der Waals surface area (Å²) in [5, 5.41) is 3.00. The first kappa shape index (κ1) is 19.1. The maximum absolute atomic E-state index is 13.1. The van der Waals surface area contributed by atoms with E-state index < -0.39 is 0 Å². The molecule has 0 spiro atoms. The molecule has 0 aliphatic carbocycles. The van der Waals surface area contributed by atoms with E-state index in [1.54, 1.807) is 17.0 Å². The number of hydrogen-bond donors (Lipinski definition) is 1. The highest BCUT2D eigenvalue weighted by Crippen LogP contribution is 2.20. The normalized spacial score (nSPS) is 18.0. The number of likely N-dealkylation sites (tertiary alicyclic amines) is 1. The van der Waals surface area contributed by atoms with Gasteiger partial charge in [0.05, 0.1) is 18.4 Å². The molecule has 1 saturated heterocycles. The molecule has 0 bridgehead atoms. The second-order valence-corrected chi connectivity index (χ2v) is 7.12. The topological polar surface area (TPSA) is 49.4 Å². The van der Waals surface area contributed by atoms with E-state index in [4.69, 9.17) is 0 Å². The Morgan fingerprint density at radius 3 is 2.56 bits per heavy atom. The molecule has 1 heterocycles. The Morgan fingerprint density at radius 1 is 1.15 bits per heavy atom. The molecule has 0 aromatic heterocycles. The molecular weight excluding hydrogens is 343 g/mol. The number of carbonyl (C=O) groups excluding carboxylic acids is 2. The van der Waals surface area contributed by atoms with Gasteiger partial charge in [-0.1, -0.05) is 42.5 Å². The number of carbonyl (C=O) groups is 2. The van der Waals surface area contributed by atoms with Crippen LogP contribution in [0.1, 0.15) is 36.9 Å². The first-order chi connectivity index (χ1) is 13.0. The second kappa shape index (κ2) is 8.80. The van der Waals surface area contributed by atoms with E-state index in [0.29, 0.717) is 19.5 Å². The number of halogens is 1. The first-order valence-electron chi connectivity index (χ1n) is 9.40. The van der Waals surface area contributed by atoms with Crippen LogP contribution in [0.25, 0.3) is 0 Å². The van der Waals surface area contributed by atoms with Crippen LogP contribution in [0.4, 0.5) is 4.39 Å². The van der Waals surface area contributed by atoms with Gasteiger partial charge in [-0.05, 0) is 43.0 Å². The highest BCUT2D eigenvalue weighted by atomic mass is 19.1. The lowest BCUT2D eigenvalue weighted by Crippen LogP contribution is -2.46. The fourth-order valence-corrected chi connectivity index (χ4v) is 3.47. The van der Waals surface area contributed by atoms with Gasteiger partial charge < -0.3 is 10.2 Å². The van der Waals surface area contributed by atoms with E-state index in [9.17, 15) is 14.0 Å². The van der Waals surface area contributed by atoms with E-state index in [-0.39, 0.29) is 29.6 Å². The van der Waals surface area contributed by atoms with Crippen molar-refractivity contribution in [3.8, 4) is 0 Å². The number of amides is 2. The number of benzene rings is 2. The van der Waals surface area contributed by atoms with Gasteiger partial charge in [0.25, 0.3) is 0 Å². The first-order valence-corrected chi connectivity index (χ1v) is 9.40. The minimum atomic E-state index is -0.294. The zero-order chi connectivity index (χ0) is 19.2. The summed E-state index contributed by atoms with van der Waals surface area (Å²) in [6, 6.07) is 15.6. The summed E-state index contributed by atoms with van der Waals surface area (Å²) in [6.07, 6.45) is 1.96. The lowest BCUT2D eigenvalue weighted by Gasteiger charge is -2.32. The lowest BCUT2D eigenvalue weighted by atomic mass is 9.95. The fourth-order valence-electron chi connectivity index (χ4n) is 3.47. The third-order valence-electron chi connectivity index (χ3n) is 5.07. The van der Waals surface area contributed by atoms with Gasteiger partial charge in [0.15, 0.2) is 0 Å².